The summed E-state index contributed by atoms with van der Waals surface area (Å²) in [6.45, 7) is 5.14. The summed E-state index contributed by atoms with van der Waals surface area (Å²) in [6, 6.07) is 10.4. The lowest BCUT2D eigenvalue weighted by atomic mass is 9.87. The fourth-order valence-corrected chi connectivity index (χ4v) is 5.72. The molecule has 1 aromatic carbocycles. The predicted molar refractivity (Wildman–Crippen MR) is 133 cm³/mol. The van der Waals surface area contributed by atoms with E-state index in [0.717, 1.165) is 36.6 Å². The van der Waals surface area contributed by atoms with Crippen LogP contribution in [-0.2, 0) is 0 Å². The second-order valence-corrected chi connectivity index (χ2v) is 10.4. The lowest BCUT2D eigenvalue weighted by molar-refractivity contribution is 0.0498. The van der Waals surface area contributed by atoms with Crippen molar-refractivity contribution >= 4 is 28.5 Å². The Labute approximate surface area is 206 Å². The number of hydrogen-bond donors (Lipinski definition) is 0. The standard InChI is InChI=1S/C25H26FIN4O2/c1-3-21-25(27,16-33-22-9-7-18(26)15-30-22)10-4-13-31(21)24(32)20-14-17(2)6-8-19(20)23-28-11-5-12-29-23/h5-9,11-12,14-15,21H,3-4,10,13,16H2,1-2H3/t21?,25-/m1/s1. The smallest absolute Gasteiger partial charge is 0.254 e. The maximum absolute atomic E-state index is 13.9. The number of aromatic nitrogens is 3. The van der Waals surface area contributed by atoms with Gasteiger partial charge in [0.05, 0.1) is 15.2 Å². The summed E-state index contributed by atoms with van der Waals surface area (Å²) in [5.74, 6) is 0.503. The first-order valence-electron chi connectivity index (χ1n) is 11.0. The minimum atomic E-state index is -0.399. The summed E-state index contributed by atoms with van der Waals surface area (Å²) >= 11 is 2.43. The Balaban J connectivity index is 1.61. The molecule has 0 saturated carbocycles. The molecule has 1 saturated heterocycles. The molecule has 3 heterocycles. The number of alkyl halides is 1. The van der Waals surface area contributed by atoms with Gasteiger partial charge in [0.2, 0.25) is 5.88 Å². The van der Waals surface area contributed by atoms with Crippen LogP contribution in [0.1, 0.15) is 42.1 Å². The summed E-state index contributed by atoms with van der Waals surface area (Å²) in [5, 5.41) is 0. The quantitative estimate of drug-likeness (QED) is 0.304. The molecule has 6 nitrogen and oxygen atoms in total. The van der Waals surface area contributed by atoms with Crippen LogP contribution in [0, 0.1) is 12.7 Å². The Kier molecular flexibility index (Phi) is 7.21. The number of nitrogens with zero attached hydrogens (tertiary/aromatic N) is 4. The molecule has 0 aliphatic carbocycles. The number of pyridine rings is 1. The van der Waals surface area contributed by atoms with Gasteiger partial charge in [0, 0.05) is 36.6 Å². The third-order valence-corrected chi connectivity index (χ3v) is 7.55. The molecule has 0 N–H and O–H groups in total. The fraction of sp³-hybridized carbons (Fsp3) is 0.360. The van der Waals surface area contributed by atoms with Gasteiger partial charge in [0.1, 0.15) is 12.4 Å². The highest BCUT2D eigenvalue weighted by molar-refractivity contribution is 14.1. The van der Waals surface area contributed by atoms with Crippen LogP contribution in [0.5, 0.6) is 5.88 Å². The Morgan fingerprint density at radius 1 is 1.24 bits per heavy atom. The first-order chi connectivity index (χ1) is 15.9. The maximum atomic E-state index is 13.9. The third kappa shape index (κ3) is 5.15. The molecular weight excluding hydrogens is 534 g/mol. The zero-order chi connectivity index (χ0) is 23.4. The third-order valence-electron chi connectivity index (χ3n) is 5.98. The number of aryl methyl sites for hydroxylation is 1. The minimum absolute atomic E-state index is 0.0198. The molecular formula is C25H26FIN4O2. The normalized spacial score (nSPS) is 20.5. The van der Waals surface area contributed by atoms with Gasteiger partial charge in [0.15, 0.2) is 5.82 Å². The van der Waals surface area contributed by atoms with Gasteiger partial charge in [-0.05, 0) is 44.4 Å². The second kappa shape index (κ2) is 10.1. The lowest BCUT2D eigenvalue weighted by Gasteiger charge is -2.46. The zero-order valence-electron chi connectivity index (χ0n) is 18.7. The van der Waals surface area contributed by atoms with Crippen LogP contribution in [-0.4, -0.2) is 48.4 Å². The predicted octanol–water partition coefficient (Wildman–Crippen LogP) is 5.25. The van der Waals surface area contributed by atoms with E-state index in [1.54, 1.807) is 18.5 Å². The van der Waals surface area contributed by atoms with E-state index < -0.39 is 5.82 Å². The molecule has 33 heavy (non-hydrogen) atoms. The molecule has 2 aromatic heterocycles. The van der Waals surface area contributed by atoms with Crippen molar-refractivity contribution in [2.45, 2.75) is 42.6 Å². The van der Waals surface area contributed by atoms with Crippen LogP contribution in [0.25, 0.3) is 11.4 Å². The van der Waals surface area contributed by atoms with Gasteiger partial charge in [-0.1, -0.05) is 47.2 Å². The molecule has 1 fully saturated rings. The van der Waals surface area contributed by atoms with Crippen molar-refractivity contribution < 1.29 is 13.9 Å². The van der Waals surface area contributed by atoms with Crippen molar-refractivity contribution in [1.82, 2.24) is 19.9 Å². The van der Waals surface area contributed by atoms with Crippen molar-refractivity contribution in [2.24, 2.45) is 0 Å². The van der Waals surface area contributed by atoms with E-state index in [4.69, 9.17) is 4.74 Å². The minimum Gasteiger partial charge on any atom is -0.476 e. The van der Waals surface area contributed by atoms with Gasteiger partial charge < -0.3 is 9.64 Å². The molecule has 1 unspecified atom stereocenters. The Morgan fingerprint density at radius 3 is 2.73 bits per heavy atom. The Hall–Kier alpha value is -2.62. The van der Waals surface area contributed by atoms with Crippen LogP contribution in [0.3, 0.4) is 0 Å². The van der Waals surface area contributed by atoms with Crippen molar-refractivity contribution in [2.75, 3.05) is 13.2 Å². The van der Waals surface area contributed by atoms with Crippen molar-refractivity contribution in [3.8, 4) is 17.3 Å². The maximum Gasteiger partial charge on any atom is 0.254 e. The number of piperidine rings is 1. The SMILES string of the molecule is CCC1N(C(=O)c2cc(C)ccc2-c2ncccn2)CCC[C@@]1(I)COc1ccc(F)cn1. The van der Waals surface area contributed by atoms with Gasteiger partial charge in [-0.25, -0.2) is 19.3 Å². The number of halogens is 2. The highest BCUT2D eigenvalue weighted by atomic mass is 127. The molecule has 3 aromatic rings. The van der Waals surface area contributed by atoms with Crippen LogP contribution in [0.4, 0.5) is 4.39 Å². The van der Waals surface area contributed by atoms with Crippen LogP contribution >= 0.6 is 22.6 Å². The largest absolute Gasteiger partial charge is 0.476 e. The molecule has 0 radical (unpaired) electrons. The van der Waals surface area contributed by atoms with E-state index in [9.17, 15) is 9.18 Å². The lowest BCUT2D eigenvalue weighted by Crippen LogP contribution is -2.57. The van der Waals surface area contributed by atoms with Gasteiger partial charge in [0.25, 0.3) is 5.91 Å². The van der Waals surface area contributed by atoms with E-state index in [2.05, 4.69) is 44.5 Å². The van der Waals surface area contributed by atoms with Gasteiger partial charge >= 0.3 is 0 Å². The highest BCUT2D eigenvalue weighted by Crippen LogP contribution is 2.39. The number of hydrogen-bond acceptors (Lipinski definition) is 5. The summed E-state index contributed by atoms with van der Waals surface area (Å²) < 4.78 is 18.8. The molecule has 2 atom stereocenters. The van der Waals surface area contributed by atoms with Crippen LogP contribution in [0.15, 0.2) is 55.0 Å². The number of carbonyl (C=O) groups excluding carboxylic acids is 1. The fourth-order valence-electron chi connectivity index (χ4n) is 4.41. The molecule has 1 aliphatic heterocycles. The first-order valence-corrected chi connectivity index (χ1v) is 12.1. The van der Waals surface area contributed by atoms with Crippen LogP contribution < -0.4 is 4.74 Å². The number of benzene rings is 1. The first kappa shape index (κ1) is 23.5. The number of carbonyl (C=O) groups is 1. The molecule has 4 rings (SSSR count). The highest BCUT2D eigenvalue weighted by Gasteiger charge is 2.45. The van der Waals surface area contributed by atoms with E-state index in [-0.39, 0.29) is 15.4 Å². The van der Waals surface area contributed by atoms with Crippen molar-refractivity contribution in [1.29, 1.82) is 0 Å². The molecule has 0 bridgehead atoms. The Morgan fingerprint density at radius 2 is 2.03 bits per heavy atom. The van der Waals surface area contributed by atoms with E-state index >= 15 is 0 Å². The van der Waals surface area contributed by atoms with Gasteiger partial charge in [-0.2, -0.15) is 0 Å². The molecule has 8 heteroatoms. The number of rotatable bonds is 6. The molecule has 1 aliphatic rings. The van der Waals surface area contributed by atoms with Crippen molar-refractivity contribution in [3.05, 3.63) is 71.9 Å². The van der Waals surface area contributed by atoms with E-state index in [1.165, 1.54) is 12.1 Å². The number of amides is 1. The average Bonchev–Trinajstić information content (AvgIpc) is 2.83. The second-order valence-electron chi connectivity index (χ2n) is 8.29. The number of likely N-dealkylation sites (tertiary alicyclic amines) is 1. The van der Waals surface area contributed by atoms with Gasteiger partial charge in [-0.15, -0.1) is 0 Å². The van der Waals surface area contributed by atoms with Crippen molar-refractivity contribution in [3.63, 3.8) is 0 Å². The van der Waals surface area contributed by atoms with Crippen LogP contribution in [0.2, 0.25) is 0 Å². The monoisotopic (exact) mass is 560 g/mol. The zero-order valence-corrected chi connectivity index (χ0v) is 20.8. The summed E-state index contributed by atoms with van der Waals surface area (Å²) in [6.07, 6.45) is 7.09. The summed E-state index contributed by atoms with van der Waals surface area (Å²) in [4.78, 5) is 28.6. The molecule has 172 valence electrons. The summed E-state index contributed by atoms with van der Waals surface area (Å²) in [7, 11) is 0. The molecule has 1 amide bonds. The molecule has 0 spiro atoms. The Bertz CT molecular complexity index is 1110. The van der Waals surface area contributed by atoms with Gasteiger partial charge in [-0.3, -0.25) is 4.79 Å². The topological polar surface area (TPSA) is 68.2 Å². The summed E-state index contributed by atoms with van der Waals surface area (Å²) in [5.41, 5.74) is 2.36. The average molecular weight is 560 g/mol. The van der Waals surface area contributed by atoms with E-state index in [0.29, 0.717) is 30.4 Å². The number of ether oxygens (including phenoxy) is 1. The van der Waals surface area contributed by atoms with E-state index in [1.807, 2.05) is 30.0 Å².